The van der Waals surface area contributed by atoms with E-state index in [0.29, 0.717) is 12.3 Å². The number of hydrogen-bond donors (Lipinski definition) is 1. The molecule has 1 N–H and O–H groups in total. The van der Waals surface area contributed by atoms with Crippen molar-refractivity contribution < 1.29 is 9.53 Å². The summed E-state index contributed by atoms with van der Waals surface area (Å²) in [5.74, 6) is 0.0864. The highest BCUT2D eigenvalue weighted by molar-refractivity contribution is 6.31. The van der Waals surface area contributed by atoms with Gasteiger partial charge in [0.15, 0.2) is 0 Å². The summed E-state index contributed by atoms with van der Waals surface area (Å²) in [5.41, 5.74) is 0.507. The van der Waals surface area contributed by atoms with E-state index in [0.717, 1.165) is 23.6 Å². The molecule has 1 heterocycles. The third kappa shape index (κ3) is 2.52. The summed E-state index contributed by atoms with van der Waals surface area (Å²) in [4.78, 5) is 11.8. The summed E-state index contributed by atoms with van der Waals surface area (Å²) >= 11 is 6.23. The molecule has 0 saturated carbocycles. The number of halogens is 1. The Kier molecular flexibility index (Phi) is 3.93. The number of ether oxygens (including phenoxy) is 1. The van der Waals surface area contributed by atoms with Crippen LogP contribution >= 0.6 is 11.6 Å². The van der Waals surface area contributed by atoms with Gasteiger partial charge in [-0.3, -0.25) is 4.79 Å². The van der Waals surface area contributed by atoms with Gasteiger partial charge in [-0.2, -0.15) is 0 Å². The lowest BCUT2D eigenvalue weighted by molar-refractivity contribution is -0.149. The molecule has 98 valence electrons. The van der Waals surface area contributed by atoms with Gasteiger partial charge in [-0.1, -0.05) is 29.8 Å². The van der Waals surface area contributed by atoms with Crippen LogP contribution in [0.5, 0.6) is 0 Å². The van der Waals surface area contributed by atoms with Gasteiger partial charge in [-0.15, -0.1) is 0 Å². The molecule has 2 atom stereocenters. The quantitative estimate of drug-likeness (QED) is 0.838. The van der Waals surface area contributed by atoms with Crippen molar-refractivity contribution in [3.63, 3.8) is 0 Å². The molecule has 0 radical (unpaired) electrons. The summed E-state index contributed by atoms with van der Waals surface area (Å²) in [6.45, 7) is 2.68. The number of piperidine rings is 1. The predicted octanol–water partition coefficient (Wildman–Crippen LogP) is 2.74. The van der Waals surface area contributed by atoms with Crippen molar-refractivity contribution in [2.24, 2.45) is 0 Å². The largest absolute Gasteiger partial charge is 0.468 e. The van der Waals surface area contributed by atoms with Crippen LogP contribution in [-0.4, -0.2) is 25.2 Å². The van der Waals surface area contributed by atoms with Crippen LogP contribution in [0.25, 0.3) is 0 Å². The van der Waals surface area contributed by atoms with Gasteiger partial charge in [0.25, 0.3) is 0 Å². The molecule has 1 aromatic rings. The standard InChI is InChI=1S/C14H18ClNO2/c1-14(13(17)18-2)9-10(7-8-16-14)11-5-3-4-6-12(11)15/h3-6,10,16H,7-9H2,1-2H3. The number of nitrogens with one attached hydrogen (secondary N) is 1. The third-order valence-corrected chi connectivity index (χ3v) is 3.99. The minimum atomic E-state index is -0.614. The second-order valence-electron chi connectivity index (χ2n) is 4.96. The molecule has 1 fully saturated rings. The van der Waals surface area contributed by atoms with Crippen LogP contribution in [-0.2, 0) is 9.53 Å². The molecular formula is C14H18ClNO2. The van der Waals surface area contributed by atoms with Gasteiger partial charge >= 0.3 is 5.97 Å². The fourth-order valence-electron chi connectivity index (χ4n) is 2.64. The molecular weight excluding hydrogens is 250 g/mol. The summed E-state index contributed by atoms with van der Waals surface area (Å²) < 4.78 is 4.87. The molecule has 0 aliphatic carbocycles. The monoisotopic (exact) mass is 267 g/mol. The van der Waals surface area contributed by atoms with Crippen LogP contribution in [0, 0.1) is 0 Å². The van der Waals surface area contributed by atoms with E-state index in [1.165, 1.54) is 7.11 Å². The highest BCUT2D eigenvalue weighted by Crippen LogP contribution is 2.36. The zero-order chi connectivity index (χ0) is 13.2. The Hall–Kier alpha value is -1.06. The van der Waals surface area contributed by atoms with Gasteiger partial charge in [0.1, 0.15) is 5.54 Å². The van der Waals surface area contributed by atoms with Gasteiger partial charge in [-0.25, -0.2) is 0 Å². The zero-order valence-electron chi connectivity index (χ0n) is 10.7. The molecule has 2 rings (SSSR count). The van der Waals surface area contributed by atoms with E-state index in [9.17, 15) is 4.79 Å². The van der Waals surface area contributed by atoms with Crippen molar-refractivity contribution in [3.05, 3.63) is 34.9 Å². The normalized spacial score (nSPS) is 27.8. The first-order chi connectivity index (χ1) is 8.57. The Labute approximate surface area is 112 Å². The van der Waals surface area contributed by atoms with Crippen LogP contribution in [0.3, 0.4) is 0 Å². The van der Waals surface area contributed by atoms with E-state index >= 15 is 0 Å². The first-order valence-electron chi connectivity index (χ1n) is 6.15. The Bertz CT molecular complexity index is 449. The molecule has 0 bridgehead atoms. The maximum absolute atomic E-state index is 11.8. The minimum Gasteiger partial charge on any atom is -0.468 e. The van der Waals surface area contributed by atoms with Crippen molar-refractivity contribution in [2.75, 3.05) is 13.7 Å². The zero-order valence-corrected chi connectivity index (χ0v) is 11.5. The lowest BCUT2D eigenvalue weighted by Gasteiger charge is -2.37. The van der Waals surface area contributed by atoms with Crippen LogP contribution in [0.2, 0.25) is 5.02 Å². The van der Waals surface area contributed by atoms with E-state index < -0.39 is 5.54 Å². The van der Waals surface area contributed by atoms with E-state index in [2.05, 4.69) is 5.32 Å². The molecule has 0 amide bonds. The topological polar surface area (TPSA) is 38.3 Å². The smallest absolute Gasteiger partial charge is 0.325 e. The lowest BCUT2D eigenvalue weighted by atomic mass is 9.79. The van der Waals surface area contributed by atoms with Gasteiger partial charge in [0.05, 0.1) is 7.11 Å². The van der Waals surface area contributed by atoms with Crippen molar-refractivity contribution >= 4 is 17.6 Å². The van der Waals surface area contributed by atoms with Crippen LogP contribution in [0.15, 0.2) is 24.3 Å². The maximum Gasteiger partial charge on any atom is 0.325 e. The van der Waals surface area contributed by atoms with E-state index in [4.69, 9.17) is 16.3 Å². The highest BCUT2D eigenvalue weighted by Gasteiger charge is 2.40. The SMILES string of the molecule is COC(=O)C1(C)CC(c2ccccc2Cl)CCN1. The molecule has 4 heteroatoms. The Balaban J connectivity index is 2.22. The maximum atomic E-state index is 11.8. The Morgan fingerprint density at radius 2 is 2.22 bits per heavy atom. The van der Waals surface area contributed by atoms with E-state index in [1.807, 2.05) is 31.2 Å². The molecule has 18 heavy (non-hydrogen) atoms. The fourth-order valence-corrected chi connectivity index (χ4v) is 2.93. The van der Waals surface area contributed by atoms with Crippen molar-refractivity contribution in [1.82, 2.24) is 5.32 Å². The van der Waals surface area contributed by atoms with Crippen molar-refractivity contribution in [3.8, 4) is 0 Å². The van der Waals surface area contributed by atoms with Crippen LogP contribution < -0.4 is 5.32 Å². The first-order valence-corrected chi connectivity index (χ1v) is 6.52. The molecule has 1 saturated heterocycles. The number of carbonyl (C=O) groups is 1. The number of methoxy groups -OCH3 is 1. The summed E-state index contributed by atoms with van der Waals surface area (Å²) in [7, 11) is 1.42. The first kappa shape index (κ1) is 13.4. The summed E-state index contributed by atoms with van der Waals surface area (Å²) in [6, 6.07) is 7.84. The predicted molar refractivity (Wildman–Crippen MR) is 71.9 cm³/mol. The number of hydrogen-bond acceptors (Lipinski definition) is 3. The fraction of sp³-hybridized carbons (Fsp3) is 0.500. The Morgan fingerprint density at radius 1 is 1.50 bits per heavy atom. The minimum absolute atomic E-state index is 0.209. The highest BCUT2D eigenvalue weighted by atomic mass is 35.5. The second kappa shape index (κ2) is 5.29. The molecule has 2 unspecified atom stereocenters. The Morgan fingerprint density at radius 3 is 2.89 bits per heavy atom. The second-order valence-corrected chi connectivity index (χ2v) is 5.37. The van der Waals surface area contributed by atoms with Crippen LogP contribution in [0.1, 0.15) is 31.2 Å². The van der Waals surface area contributed by atoms with Gasteiger partial charge < -0.3 is 10.1 Å². The van der Waals surface area contributed by atoms with Gasteiger partial charge in [0.2, 0.25) is 0 Å². The molecule has 1 aliphatic heterocycles. The van der Waals surface area contributed by atoms with Crippen LogP contribution in [0.4, 0.5) is 0 Å². The van der Waals surface area contributed by atoms with Gasteiger partial charge in [0, 0.05) is 5.02 Å². The van der Waals surface area contributed by atoms with E-state index in [-0.39, 0.29) is 5.97 Å². The number of esters is 1. The molecule has 0 aromatic heterocycles. The lowest BCUT2D eigenvalue weighted by Crippen LogP contribution is -2.54. The summed E-state index contributed by atoms with van der Waals surface area (Å²) in [6.07, 6.45) is 1.69. The van der Waals surface area contributed by atoms with Crippen molar-refractivity contribution in [1.29, 1.82) is 0 Å². The molecule has 1 aromatic carbocycles. The number of carbonyl (C=O) groups excluding carboxylic acids is 1. The summed E-state index contributed by atoms with van der Waals surface area (Å²) in [5, 5.41) is 4.02. The number of rotatable bonds is 2. The molecule has 0 spiro atoms. The molecule has 3 nitrogen and oxygen atoms in total. The average molecular weight is 268 g/mol. The molecule has 1 aliphatic rings. The number of benzene rings is 1. The van der Waals surface area contributed by atoms with Crippen molar-refractivity contribution in [2.45, 2.75) is 31.2 Å². The van der Waals surface area contributed by atoms with Gasteiger partial charge in [-0.05, 0) is 43.9 Å². The third-order valence-electron chi connectivity index (χ3n) is 3.64. The van der Waals surface area contributed by atoms with E-state index in [1.54, 1.807) is 0 Å². The average Bonchev–Trinajstić information content (AvgIpc) is 2.38.